The number of ether oxygens (including phenoxy) is 1. The highest BCUT2D eigenvalue weighted by molar-refractivity contribution is 7.11. The average molecular weight is 229 g/mol. The predicted molar refractivity (Wildman–Crippen MR) is 62.4 cm³/mol. The van der Waals surface area contributed by atoms with Crippen molar-refractivity contribution in [1.29, 1.82) is 0 Å². The molecule has 1 aromatic heterocycles. The molecule has 0 saturated carbocycles. The minimum atomic E-state index is -0.429. The Balaban J connectivity index is 2.34. The van der Waals surface area contributed by atoms with Crippen molar-refractivity contribution in [3.63, 3.8) is 0 Å². The molecule has 0 bridgehead atoms. The van der Waals surface area contributed by atoms with Crippen molar-refractivity contribution in [3.05, 3.63) is 15.6 Å². The second-order valence-electron chi connectivity index (χ2n) is 3.68. The van der Waals surface area contributed by atoms with Gasteiger partial charge >= 0.3 is 0 Å². The molecule has 4 heteroatoms. The van der Waals surface area contributed by atoms with Gasteiger partial charge in [0.1, 0.15) is 0 Å². The first kappa shape index (κ1) is 12.6. The summed E-state index contributed by atoms with van der Waals surface area (Å²) in [4.78, 5) is 5.61. The first-order valence-corrected chi connectivity index (χ1v) is 6.13. The van der Waals surface area contributed by atoms with E-state index in [2.05, 4.69) is 18.8 Å². The van der Waals surface area contributed by atoms with Gasteiger partial charge in [-0.15, -0.1) is 11.3 Å². The third-order valence-corrected chi connectivity index (χ3v) is 3.24. The van der Waals surface area contributed by atoms with Crippen molar-refractivity contribution in [2.45, 2.75) is 39.7 Å². The Bertz CT molecular complexity index is 279. The summed E-state index contributed by atoms with van der Waals surface area (Å²) >= 11 is 1.66. The average Bonchev–Trinajstić information content (AvgIpc) is 2.46. The lowest BCUT2D eigenvalue weighted by atomic mass is 10.3. The van der Waals surface area contributed by atoms with Crippen molar-refractivity contribution in [2.24, 2.45) is 0 Å². The van der Waals surface area contributed by atoms with E-state index in [0.29, 0.717) is 19.6 Å². The van der Waals surface area contributed by atoms with Crippen LogP contribution in [0.15, 0.2) is 0 Å². The first-order chi connectivity index (χ1) is 7.13. The molecule has 0 aliphatic carbocycles. The van der Waals surface area contributed by atoms with E-state index in [9.17, 15) is 5.11 Å². The van der Waals surface area contributed by atoms with Crippen LogP contribution in [0.2, 0.25) is 0 Å². The SMILES string of the molecule is CCCOCC(O)Cc1nc(C)c(C)s1. The molecule has 0 radical (unpaired) electrons. The Labute approximate surface area is 95.1 Å². The molecule has 1 atom stereocenters. The molecule has 0 fully saturated rings. The van der Waals surface area contributed by atoms with E-state index in [0.717, 1.165) is 17.1 Å². The van der Waals surface area contributed by atoms with Crippen LogP contribution in [0.25, 0.3) is 0 Å². The maximum atomic E-state index is 9.67. The summed E-state index contributed by atoms with van der Waals surface area (Å²) in [6, 6.07) is 0. The van der Waals surface area contributed by atoms with Crippen LogP contribution in [-0.4, -0.2) is 29.4 Å². The highest BCUT2D eigenvalue weighted by atomic mass is 32.1. The van der Waals surface area contributed by atoms with E-state index >= 15 is 0 Å². The number of thiazole rings is 1. The van der Waals surface area contributed by atoms with Crippen molar-refractivity contribution in [1.82, 2.24) is 4.98 Å². The molecule has 0 amide bonds. The zero-order valence-electron chi connectivity index (χ0n) is 9.62. The van der Waals surface area contributed by atoms with Gasteiger partial charge in [0.25, 0.3) is 0 Å². The van der Waals surface area contributed by atoms with Gasteiger partial charge in [0.15, 0.2) is 0 Å². The summed E-state index contributed by atoms with van der Waals surface area (Å²) in [5.74, 6) is 0. The van der Waals surface area contributed by atoms with Crippen LogP contribution in [-0.2, 0) is 11.2 Å². The third-order valence-electron chi connectivity index (χ3n) is 2.14. The largest absolute Gasteiger partial charge is 0.390 e. The standard InChI is InChI=1S/C11H19NO2S/c1-4-5-14-7-10(13)6-11-12-8(2)9(3)15-11/h10,13H,4-7H2,1-3H3. The Hall–Kier alpha value is -0.450. The maximum absolute atomic E-state index is 9.67. The number of rotatable bonds is 6. The molecular weight excluding hydrogens is 210 g/mol. The Morgan fingerprint density at radius 2 is 2.20 bits per heavy atom. The molecule has 3 nitrogen and oxygen atoms in total. The highest BCUT2D eigenvalue weighted by Gasteiger charge is 2.10. The summed E-state index contributed by atoms with van der Waals surface area (Å²) < 4.78 is 5.28. The van der Waals surface area contributed by atoms with Crippen molar-refractivity contribution < 1.29 is 9.84 Å². The van der Waals surface area contributed by atoms with Gasteiger partial charge < -0.3 is 9.84 Å². The van der Waals surface area contributed by atoms with Crippen LogP contribution in [0.1, 0.15) is 28.9 Å². The van der Waals surface area contributed by atoms with Gasteiger partial charge in [0.05, 0.1) is 23.4 Å². The van der Waals surface area contributed by atoms with E-state index in [1.165, 1.54) is 4.88 Å². The zero-order valence-corrected chi connectivity index (χ0v) is 10.4. The molecule has 86 valence electrons. The Morgan fingerprint density at radius 1 is 1.47 bits per heavy atom. The van der Waals surface area contributed by atoms with Gasteiger partial charge in [-0.25, -0.2) is 4.98 Å². The molecule has 15 heavy (non-hydrogen) atoms. The van der Waals surface area contributed by atoms with Crippen LogP contribution in [0.3, 0.4) is 0 Å². The summed E-state index contributed by atoms with van der Waals surface area (Å²) in [6.45, 7) is 7.23. The number of aryl methyl sites for hydroxylation is 2. The lowest BCUT2D eigenvalue weighted by Crippen LogP contribution is -2.18. The summed E-state index contributed by atoms with van der Waals surface area (Å²) in [6.07, 6.45) is 1.16. The molecule has 1 N–H and O–H groups in total. The van der Waals surface area contributed by atoms with Gasteiger partial charge in [-0.3, -0.25) is 0 Å². The molecule has 0 spiro atoms. The molecule has 1 rings (SSSR count). The highest BCUT2D eigenvalue weighted by Crippen LogP contribution is 2.17. The first-order valence-electron chi connectivity index (χ1n) is 5.32. The second kappa shape index (κ2) is 6.20. The number of aliphatic hydroxyl groups is 1. The van der Waals surface area contributed by atoms with Gasteiger partial charge in [-0.05, 0) is 20.3 Å². The monoisotopic (exact) mass is 229 g/mol. The lowest BCUT2D eigenvalue weighted by molar-refractivity contribution is 0.0374. The van der Waals surface area contributed by atoms with Crippen molar-refractivity contribution in [3.8, 4) is 0 Å². The van der Waals surface area contributed by atoms with E-state index in [4.69, 9.17) is 4.74 Å². The van der Waals surface area contributed by atoms with Crippen molar-refractivity contribution >= 4 is 11.3 Å². The number of aromatic nitrogens is 1. The van der Waals surface area contributed by atoms with Crippen LogP contribution in [0.4, 0.5) is 0 Å². The van der Waals surface area contributed by atoms with Crippen LogP contribution in [0, 0.1) is 13.8 Å². The molecule has 1 heterocycles. The third kappa shape index (κ3) is 4.28. The smallest absolute Gasteiger partial charge is 0.0957 e. The second-order valence-corrected chi connectivity index (χ2v) is 4.97. The topological polar surface area (TPSA) is 42.4 Å². The summed E-state index contributed by atoms with van der Waals surface area (Å²) in [5.41, 5.74) is 1.07. The van der Waals surface area contributed by atoms with Crippen LogP contribution in [0.5, 0.6) is 0 Å². The Kier molecular flexibility index (Phi) is 5.22. The van der Waals surface area contributed by atoms with E-state index in [1.807, 2.05) is 6.92 Å². The Morgan fingerprint density at radius 3 is 2.73 bits per heavy atom. The van der Waals surface area contributed by atoms with Gasteiger partial charge in [-0.2, -0.15) is 0 Å². The van der Waals surface area contributed by atoms with Crippen LogP contribution < -0.4 is 0 Å². The molecule has 0 aliphatic rings. The molecular formula is C11H19NO2S. The van der Waals surface area contributed by atoms with Gasteiger partial charge in [-0.1, -0.05) is 6.92 Å². The van der Waals surface area contributed by atoms with E-state index < -0.39 is 6.10 Å². The number of aliphatic hydroxyl groups excluding tert-OH is 1. The molecule has 0 aliphatic heterocycles. The predicted octanol–water partition coefficient (Wildman–Crippen LogP) is 2.09. The summed E-state index contributed by atoms with van der Waals surface area (Å²) in [7, 11) is 0. The van der Waals surface area contributed by atoms with Crippen LogP contribution >= 0.6 is 11.3 Å². The normalized spacial score (nSPS) is 13.1. The number of nitrogens with zero attached hydrogens (tertiary/aromatic N) is 1. The quantitative estimate of drug-likeness (QED) is 0.760. The molecule has 0 aromatic carbocycles. The minimum Gasteiger partial charge on any atom is -0.390 e. The fourth-order valence-corrected chi connectivity index (χ4v) is 2.26. The minimum absolute atomic E-state index is 0.408. The van der Waals surface area contributed by atoms with Gasteiger partial charge in [0.2, 0.25) is 0 Å². The lowest BCUT2D eigenvalue weighted by Gasteiger charge is -2.08. The zero-order chi connectivity index (χ0) is 11.3. The van der Waals surface area contributed by atoms with Gasteiger partial charge in [0, 0.05) is 17.9 Å². The fourth-order valence-electron chi connectivity index (χ4n) is 1.25. The molecule has 1 aromatic rings. The summed E-state index contributed by atoms with van der Waals surface area (Å²) in [5, 5.41) is 10.7. The van der Waals surface area contributed by atoms with E-state index in [-0.39, 0.29) is 0 Å². The molecule has 1 unspecified atom stereocenters. The fraction of sp³-hybridized carbons (Fsp3) is 0.727. The van der Waals surface area contributed by atoms with E-state index in [1.54, 1.807) is 11.3 Å². The number of hydrogen-bond donors (Lipinski definition) is 1. The maximum Gasteiger partial charge on any atom is 0.0957 e. The number of hydrogen-bond acceptors (Lipinski definition) is 4. The molecule has 0 saturated heterocycles. The van der Waals surface area contributed by atoms with Crippen molar-refractivity contribution in [2.75, 3.05) is 13.2 Å².